The van der Waals surface area contributed by atoms with Crippen LogP contribution in [0, 0.1) is 13.8 Å². The summed E-state index contributed by atoms with van der Waals surface area (Å²) < 4.78 is 5.56. The Kier molecular flexibility index (Phi) is 2.98. The maximum Gasteiger partial charge on any atom is 0.170 e. The second-order valence-corrected chi connectivity index (χ2v) is 5.49. The zero-order valence-corrected chi connectivity index (χ0v) is 11.6. The molecule has 2 aromatic rings. The Balaban J connectivity index is 2.88. The number of hydrogen-bond acceptors (Lipinski definition) is 2. The fourth-order valence-corrected chi connectivity index (χ4v) is 2.28. The zero-order valence-electron chi connectivity index (χ0n) is 11.6. The maximum absolute atomic E-state index is 5.56. The van der Waals surface area contributed by atoms with E-state index < -0.39 is 0 Å². The number of rotatable bonds is 2. The first-order valence-electron chi connectivity index (χ1n) is 6.32. The van der Waals surface area contributed by atoms with E-state index in [1.807, 2.05) is 0 Å². The summed E-state index contributed by atoms with van der Waals surface area (Å²) in [4.78, 5) is 0. The zero-order chi connectivity index (χ0) is 12.7. The quantitative estimate of drug-likeness (QED) is 0.749. The van der Waals surface area contributed by atoms with Crippen molar-refractivity contribution >= 4 is 11.0 Å². The van der Waals surface area contributed by atoms with Crippen LogP contribution in [0.15, 0.2) is 10.6 Å². The summed E-state index contributed by atoms with van der Waals surface area (Å²) >= 11 is 0. The van der Waals surface area contributed by atoms with Crippen LogP contribution in [0.25, 0.3) is 11.0 Å². The molecule has 0 saturated carbocycles. The SMILES string of the molecule is Cc1cc(C(C)C)c2c(C(C)C)noc2c1C. The van der Waals surface area contributed by atoms with Gasteiger partial charge in [-0.15, -0.1) is 0 Å². The second kappa shape index (κ2) is 4.17. The highest BCUT2D eigenvalue weighted by atomic mass is 16.5. The molecule has 0 amide bonds. The molecular weight excluding hydrogens is 210 g/mol. The Labute approximate surface area is 103 Å². The number of hydrogen-bond donors (Lipinski definition) is 0. The Bertz CT molecular complexity index is 550. The minimum Gasteiger partial charge on any atom is -0.356 e. The molecule has 0 spiro atoms. The Morgan fingerprint density at radius 1 is 1.06 bits per heavy atom. The normalized spacial score (nSPS) is 12.0. The van der Waals surface area contributed by atoms with Crippen molar-refractivity contribution in [3.8, 4) is 0 Å². The molecule has 2 heteroatoms. The van der Waals surface area contributed by atoms with Gasteiger partial charge < -0.3 is 4.52 Å². The maximum atomic E-state index is 5.56. The van der Waals surface area contributed by atoms with Crippen LogP contribution in [0.3, 0.4) is 0 Å². The average molecular weight is 231 g/mol. The van der Waals surface area contributed by atoms with Crippen molar-refractivity contribution in [1.29, 1.82) is 0 Å². The van der Waals surface area contributed by atoms with Gasteiger partial charge in [-0.2, -0.15) is 0 Å². The summed E-state index contributed by atoms with van der Waals surface area (Å²) in [7, 11) is 0. The molecule has 1 heterocycles. The molecule has 0 atom stereocenters. The molecular formula is C15H21NO. The lowest BCUT2D eigenvalue weighted by Crippen LogP contribution is -1.96. The lowest BCUT2D eigenvalue weighted by molar-refractivity contribution is 0.440. The Morgan fingerprint density at radius 2 is 1.71 bits per heavy atom. The first kappa shape index (κ1) is 12.2. The van der Waals surface area contributed by atoms with Gasteiger partial charge in [-0.05, 0) is 42.4 Å². The molecule has 0 saturated heterocycles. The van der Waals surface area contributed by atoms with Crippen LogP contribution in [-0.2, 0) is 0 Å². The molecule has 1 aromatic heterocycles. The first-order chi connectivity index (χ1) is 7.93. The molecule has 0 bridgehead atoms. The number of aromatic nitrogens is 1. The monoisotopic (exact) mass is 231 g/mol. The molecule has 2 nitrogen and oxygen atoms in total. The number of aryl methyl sites for hydroxylation is 2. The van der Waals surface area contributed by atoms with E-state index in [9.17, 15) is 0 Å². The van der Waals surface area contributed by atoms with Gasteiger partial charge in [0.15, 0.2) is 5.58 Å². The minimum absolute atomic E-state index is 0.399. The van der Waals surface area contributed by atoms with Crippen LogP contribution in [0.1, 0.15) is 61.9 Å². The standard InChI is InChI=1S/C15H21NO/c1-8(2)12-7-10(5)11(6)15-13(12)14(9(3)4)16-17-15/h7-9H,1-6H3. The smallest absolute Gasteiger partial charge is 0.170 e. The number of fused-ring (bicyclic) bond motifs is 1. The summed E-state index contributed by atoms with van der Waals surface area (Å²) in [6, 6.07) is 2.28. The van der Waals surface area contributed by atoms with Crippen molar-refractivity contribution in [3.63, 3.8) is 0 Å². The predicted molar refractivity (Wildman–Crippen MR) is 71.7 cm³/mol. The van der Waals surface area contributed by atoms with Gasteiger partial charge in [0.1, 0.15) is 0 Å². The third kappa shape index (κ3) is 1.86. The van der Waals surface area contributed by atoms with Crippen LogP contribution < -0.4 is 0 Å². The van der Waals surface area contributed by atoms with Crippen molar-refractivity contribution in [3.05, 3.63) is 28.5 Å². The van der Waals surface area contributed by atoms with Gasteiger partial charge in [-0.1, -0.05) is 38.9 Å². The fraction of sp³-hybridized carbons (Fsp3) is 0.533. The molecule has 17 heavy (non-hydrogen) atoms. The topological polar surface area (TPSA) is 26.0 Å². The summed E-state index contributed by atoms with van der Waals surface area (Å²) in [5, 5.41) is 5.50. The van der Waals surface area contributed by atoms with Crippen LogP contribution in [0.5, 0.6) is 0 Å². The van der Waals surface area contributed by atoms with Crippen molar-refractivity contribution in [2.45, 2.75) is 53.4 Å². The van der Waals surface area contributed by atoms with Crippen molar-refractivity contribution in [2.24, 2.45) is 0 Å². The number of benzene rings is 1. The van der Waals surface area contributed by atoms with E-state index in [0.29, 0.717) is 11.8 Å². The predicted octanol–water partition coefficient (Wildman–Crippen LogP) is 4.69. The highest BCUT2D eigenvalue weighted by molar-refractivity contribution is 5.87. The van der Waals surface area contributed by atoms with Gasteiger partial charge >= 0.3 is 0 Å². The third-order valence-corrected chi connectivity index (χ3v) is 3.48. The molecule has 0 N–H and O–H groups in total. The van der Waals surface area contributed by atoms with Gasteiger partial charge in [0.2, 0.25) is 0 Å². The molecule has 2 rings (SSSR count). The lowest BCUT2D eigenvalue weighted by Gasteiger charge is -2.12. The molecule has 0 aliphatic heterocycles. The van der Waals surface area contributed by atoms with Gasteiger partial charge in [0.25, 0.3) is 0 Å². The molecule has 1 aromatic carbocycles. The summed E-state index contributed by atoms with van der Waals surface area (Å²) in [5.41, 5.74) is 5.91. The van der Waals surface area contributed by atoms with Gasteiger partial charge in [-0.3, -0.25) is 0 Å². The van der Waals surface area contributed by atoms with Gasteiger partial charge in [0, 0.05) is 5.39 Å². The summed E-state index contributed by atoms with van der Waals surface area (Å²) in [6.45, 7) is 13.0. The Hall–Kier alpha value is -1.31. The average Bonchev–Trinajstić information content (AvgIpc) is 2.67. The van der Waals surface area contributed by atoms with Crippen molar-refractivity contribution < 1.29 is 4.52 Å². The van der Waals surface area contributed by atoms with Crippen LogP contribution in [0.4, 0.5) is 0 Å². The molecule has 0 radical (unpaired) electrons. The van der Waals surface area contributed by atoms with E-state index in [1.54, 1.807) is 0 Å². The molecule has 0 aliphatic carbocycles. The van der Waals surface area contributed by atoms with Crippen LogP contribution in [0.2, 0.25) is 0 Å². The van der Waals surface area contributed by atoms with E-state index >= 15 is 0 Å². The third-order valence-electron chi connectivity index (χ3n) is 3.48. The van der Waals surface area contributed by atoms with Gasteiger partial charge in [0.05, 0.1) is 5.69 Å². The van der Waals surface area contributed by atoms with E-state index in [2.05, 4.69) is 52.8 Å². The highest BCUT2D eigenvalue weighted by Crippen LogP contribution is 2.35. The van der Waals surface area contributed by atoms with Crippen molar-refractivity contribution in [2.75, 3.05) is 0 Å². The summed E-state index contributed by atoms with van der Waals surface area (Å²) in [6.07, 6.45) is 0. The van der Waals surface area contributed by atoms with Gasteiger partial charge in [-0.25, -0.2) is 0 Å². The van der Waals surface area contributed by atoms with Crippen LogP contribution >= 0.6 is 0 Å². The van der Waals surface area contributed by atoms with Crippen LogP contribution in [-0.4, -0.2) is 5.16 Å². The molecule has 92 valence electrons. The first-order valence-corrected chi connectivity index (χ1v) is 6.32. The largest absolute Gasteiger partial charge is 0.356 e. The molecule has 0 fully saturated rings. The van der Waals surface area contributed by atoms with E-state index in [1.165, 1.54) is 22.1 Å². The highest BCUT2D eigenvalue weighted by Gasteiger charge is 2.19. The minimum atomic E-state index is 0.399. The van der Waals surface area contributed by atoms with E-state index in [-0.39, 0.29) is 0 Å². The van der Waals surface area contributed by atoms with Crippen molar-refractivity contribution in [1.82, 2.24) is 5.16 Å². The molecule has 0 unspecified atom stereocenters. The van der Waals surface area contributed by atoms with E-state index in [4.69, 9.17) is 4.52 Å². The number of nitrogens with zero attached hydrogens (tertiary/aromatic N) is 1. The van der Waals surface area contributed by atoms with E-state index in [0.717, 1.165) is 11.3 Å². The Morgan fingerprint density at radius 3 is 2.24 bits per heavy atom. The lowest BCUT2D eigenvalue weighted by atomic mass is 9.91. The fourth-order valence-electron chi connectivity index (χ4n) is 2.28. The summed E-state index contributed by atoms with van der Waals surface area (Å²) in [5.74, 6) is 0.893. The second-order valence-electron chi connectivity index (χ2n) is 5.49. The molecule has 0 aliphatic rings.